The Morgan fingerprint density at radius 3 is 2.70 bits per heavy atom. The van der Waals surface area contributed by atoms with Gasteiger partial charge in [-0.15, -0.1) is 0 Å². The Morgan fingerprint density at radius 2 is 1.96 bits per heavy atom. The highest BCUT2D eigenvalue weighted by molar-refractivity contribution is 5.38. The minimum Gasteiger partial charge on any atom is -0.477 e. The van der Waals surface area contributed by atoms with Gasteiger partial charge >= 0.3 is 0 Å². The van der Waals surface area contributed by atoms with Crippen molar-refractivity contribution in [3.8, 4) is 5.88 Å². The predicted octanol–water partition coefficient (Wildman–Crippen LogP) is 2.32. The van der Waals surface area contributed by atoms with Crippen molar-refractivity contribution in [3.63, 3.8) is 0 Å². The van der Waals surface area contributed by atoms with Crippen molar-refractivity contribution in [2.75, 3.05) is 24.6 Å². The van der Waals surface area contributed by atoms with Gasteiger partial charge in [-0.25, -0.2) is 24.3 Å². The highest BCUT2D eigenvalue weighted by Gasteiger charge is 2.23. The molecule has 0 saturated carbocycles. The fourth-order valence-electron chi connectivity index (χ4n) is 2.71. The Kier molecular flexibility index (Phi) is 4.64. The zero-order valence-electron chi connectivity index (χ0n) is 13.4. The van der Waals surface area contributed by atoms with E-state index in [1.165, 1.54) is 18.9 Å². The van der Waals surface area contributed by atoms with E-state index in [0.717, 1.165) is 37.2 Å². The Morgan fingerprint density at radius 1 is 1.17 bits per heavy atom. The van der Waals surface area contributed by atoms with E-state index in [-0.39, 0.29) is 5.82 Å². The number of hydrogen-bond donors (Lipinski definition) is 0. The molecule has 0 unspecified atom stereocenters. The number of aryl methyl sites for hydroxylation is 1. The maximum absolute atomic E-state index is 13.7. The monoisotopic (exact) mass is 317 g/mol. The smallest absolute Gasteiger partial charge is 0.219 e. The molecule has 2 aromatic rings. The second kappa shape index (κ2) is 6.85. The van der Waals surface area contributed by atoms with Crippen LogP contribution >= 0.6 is 0 Å². The van der Waals surface area contributed by atoms with Crippen LogP contribution in [0.3, 0.4) is 0 Å². The van der Waals surface area contributed by atoms with E-state index in [1.54, 1.807) is 0 Å². The van der Waals surface area contributed by atoms with E-state index in [9.17, 15) is 4.39 Å². The van der Waals surface area contributed by atoms with Crippen LogP contribution in [0, 0.1) is 25.6 Å². The normalized spacial score (nSPS) is 15.7. The molecule has 1 fully saturated rings. The standard InChI is InChI=1S/C16H20FN5O/c1-11-12(2)19-10-21-16(11)23-8-13-3-5-22(6-4-13)15-14(17)7-18-9-20-15/h7,9-10,13H,3-6,8H2,1-2H3. The van der Waals surface area contributed by atoms with Gasteiger partial charge < -0.3 is 9.64 Å². The van der Waals surface area contributed by atoms with Gasteiger partial charge in [0.1, 0.15) is 12.7 Å². The van der Waals surface area contributed by atoms with E-state index in [0.29, 0.717) is 24.2 Å². The Labute approximate surface area is 134 Å². The molecule has 6 nitrogen and oxygen atoms in total. The molecule has 0 aromatic carbocycles. The van der Waals surface area contributed by atoms with Crippen LogP contribution in [-0.2, 0) is 0 Å². The van der Waals surface area contributed by atoms with Gasteiger partial charge in [-0.1, -0.05) is 0 Å². The number of aromatic nitrogens is 4. The van der Waals surface area contributed by atoms with Gasteiger partial charge in [-0.3, -0.25) is 0 Å². The molecule has 0 radical (unpaired) electrons. The summed E-state index contributed by atoms with van der Waals surface area (Å²) in [5, 5.41) is 0. The molecule has 7 heteroatoms. The lowest BCUT2D eigenvalue weighted by molar-refractivity contribution is 0.214. The van der Waals surface area contributed by atoms with Crippen molar-refractivity contribution in [2.45, 2.75) is 26.7 Å². The van der Waals surface area contributed by atoms with Gasteiger partial charge in [-0.2, -0.15) is 0 Å². The lowest BCUT2D eigenvalue weighted by atomic mass is 9.98. The summed E-state index contributed by atoms with van der Waals surface area (Å²) in [6, 6.07) is 0. The maximum Gasteiger partial charge on any atom is 0.219 e. The van der Waals surface area contributed by atoms with Crippen LogP contribution < -0.4 is 9.64 Å². The second-order valence-electron chi connectivity index (χ2n) is 5.82. The summed E-state index contributed by atoms with van der Waals surface area (Å²) in [5.74, 6) is 1.11. The molecule has 23 heavy (non-hydrogen) atoms. The van der Waals surface area contributed by atoms with Crippen LogP contribution in [0.15, 0.2) is 18.9 Å². The average molecular weight is 317 g/mol. The zero-order valence-corrected chi connectivity index (χ0v) is 13.4. The number of halogens is 1. The molecule has 3 heterocycles. The van der Waals surface area contributed by atoms with Crippen molar-refractivity contribution in [3.05, 3.63) is 35.9 Å². The first-order chi connectivity index (χ1) is 11.1. The van der Waals surface area contributed by atoms with E-state index in [1.807, 2.05) is 18.7 Å². The fourth-order valence-corrected chi connectivity index (χ4v) is 2.71. The summed E-state index contributed by atoms with van der Waals surface area (Å²) in [5.41, 5.74) is 1.91. The van der Waals surface area contributed by atoms with Crippen LogP contribution in [-0.4, -0.2) is 39.6 Å². The molecule has 1 aliphatic rings. The first-order valence-corrected chi connectivity index (χ1v) is 7.76. The third-order valence-electron chi connectivity index (χ3n) is 4.31. The van der Waals surface area contributed by atoms with Gasteiger partial charge in [0, 0.05) is 24.3 Å². The Balaban J connectivity index is 1.54. The van der Waals surface area contributed by atoms with Crippen LogP contribution in [0.1, 0.15) is 24.1 Å². The largest absolute Gasteiger partial charge is 0.477 e. The molecule has 3 rings (SSSR count). The number of ether oxygens (including phenoxy) is 1. The molecule has 1 saturated heterocycles. The molecule has 1 aliphatic heterocycles. The third kappa shape index (κ3) is 3.55. The van der Waals surface area contributed by atoms with Crippen molar-refractivity contribution >= 4 is 5.82 Å². The maximum atomic E-state index is 13.7. The Hall–Kier alpha value is -2.31. The molecule has 0 N–H and O–H groups in total. The SMILES string of the molecule is Cc1ncnc(OCC2CCN(c3ncncc3F)CC2)c1C. The molecular weight excluding hydrogens is 297 g/mol. The first-order valence-electron chi connectivity index (χ1n) is 7.76. The molecular formula is C16H20FN5O. The third-order valence-corrected chi connectivity index (χ3v) is 4.31. The lowest BCUT2D eigenvalue weighted by Crippen LogP contribution is -2.36. The minimum atomic E-state index is -0.366. The molecule has 0 atom stereocenters. The van der Waals surface area contributed by atoms with E-state index in [4.69, 9.17) is 4.74 Å². The highest BCUT2D eigenvalue weighted by atomic mass is 19.1. The summed E-state index contributed by atoms with van der Waals surface area (Å²) in [6.45, 7) is 6.06. The summed E-state index contributed by atoms with van der Waals surface area (Å²) >= 11 is 0. The van der Waals surface area contributed by atoms with Gasteiger partial charge in [0.05, 0.1) is 12.8 Å². The topological polar surface area (TPSA) is 64.0 Å². The van der Waals surface area contributed by atoms with Crippen LogP contribution in [0.4, 0.5) is 10.2 Å². The van der Waals surface area contributed by atoms with Crippen LogP contribution in [0.2, 0.25) is 0 Å². The summed E-state index contributed by atoms with van der Waals surface area (Å²) in [7, 11) is 0. The minimum absolute atomic E-state index is 0.366. The van der Waals surface area contributed by atoms with Crippen molar-refractivity contribution < 1.29 is 9.13 Å². The molecule has 0 bridgehead atoms. The Bertz CT molecular complexity index is 673. The number of rotatable bonds is 4. The van der Waals surface area contributed by atoms with Gasteiger partial charge in [0.2, 0.25) is 5.88 Å². The van der Waals surface area contributed by atoms with Crippen molar-refractivity contribution in [1.82, 2.24) is 19.9 Å². The van der Waals surface area contributed by atoms with Crippen LogP contribution in [0.25, 0.3) is 0 Å². The number of piperidine rings is 1. The molecule has 0 aliphatic carbocycles. The quantitative estimate of drug-likeness (QED) is 0.862. The number of nitrogens with zero attached hydrogens (tertiary/aromatic N) is 5. The summed E-state index contributed by atoms with van der Waals surface area (Å²) in [4.78, 5) is 18.0. The van der Waals surface area contributed by atoms with Gasteiger partial charge in [-0.05, 0) is 32.6 Å². The summed E-state index contributed by atoms with van der Waals surface area (Å²) < 4.78 is 19.6. The molecule has 0 spiro atoms. The van der Waals surface area contributed by atoms with Crippen molar-refractivity contribution in [2.24, 2.45) is 5.92 Å². The highest BCUT2D eigenvalue weighted by Crippen LogP contribution is 2.24. The van der Waals surface area contributed by atoms with Gasteiger partial charge in [0.25, 0.3) is 0 Å². The predicted molar refractivity (Wildman–Crippen MR) is 83.9 cm³/mol. The van der Waals surface area contributed by atoms with Gasteiger partial charge in [0.15, 0.2) is 11.6 Å². The van der Waals surface area contributed by atoms with Crippen molar-refractivity contribution in [1.29, 1.82) is 0 Å². The molecule has 122 valence electrons. The average Bonchev–Trinajstić information content (AvgIpc) is 2.57. The number of hydrogen-bond acceptors (Lipinski definition) is 6. The second-order valence-corrected chi connectivity index (χ2v) is 5.82. The lowest BCUT2D eigenvalue weighted by Gasteiger charge is -2.32. The zero-order chi connectivity index (χ0) is 16.2. The van der Waals surface area contributed by atoms with Crippen LogP contribution in [0.5, 0.6) is 5.88 Å². The summed E-state index contributed by atoms with van der Waals surface area (Å²) in [6.07, 6.45) is 5.99. The molecule has 2 aromatic heterocycles. The van der Waals surface area contributed by atoms with E-state index >= 15 is 0 Å². The fraction of sp³-hybridized carbons (Fsp3) is 0.500. The first kappa shape index (κ1) is 15.6. The molecule has 0 amide bonds. The van der Waals surface area contributed by atoms with E-state index < -0.39 is 0 Å². The number of anilines is 1. The van der Waals surface area contributed by atoms with E-state index in [2.05, 4.69) is 19.9 Å².